The highest BCUT2D eigenvalue weighted by Gasteiger charge is 2.38. The predicted molar refractivity (Wildman–Crippen MR) is 132 cm³/mol. The quantitative estimate of drug-likeness (QED) is 0.217. The average Bonchev–Trinajstić information content (AvgIpc) is 3.24. The van der Waals surface area contributed by atoms with Crippen LogP contribution in [0.5, 0.6) is 0 Å². The van der Waals surface area contributed by atoms with Gasteiger partial charge in [-0.2, -0.15) is 0 Å². The molecule has 3 aromatic rings. The van der Waals surface area contributed by atoms with Crippen LogP contribution in [-0.4, -0.2) is 35.1 Å². The maximum Gasteiger partial charge on any atom is 0.311 e. The van der Waals surface area contributed by atoms with E-state index >= 15 is 0 Å². The summed E-state index contributed by atoms with van der Waals surface area (Å²) in [6.07, 6.45) is 3.46. The molecule has 0 aliphatic carbocycles. The van der Waals surface area contributed by atoms with Crippen molar-refractivity contribution in [2.75, 3.05) is 18.5 Å². The maximum atomic E-state index is 13.1. The number of nitrogens with two attached hydrogens (primary N) is 1. The molecule has 10 nitrogen and oxygen atoms in total. The van der Waals surface area contributed by atoms with Gasteiger partial charge in [0, 0.05) is 18.9 Å². The number of amides is 1. The second-order valence-corrected chi connectivity index (χ2v) is 9.87. The van der Waals surface area contributed by atoms with Gasteiger partial charge in [0.25, 0.3) is 5.09 Å². The molecule has 2 aromatic heterocycles. The lowest BCUT2D eigenvalue weighted by Crippen LogP contribution is -2.41. The Bertz CT molecular complexity index is 1130. The molecule has 186 valence electrons. The number of hydrogen-bond acceptors (Lipinski definition) is 9. The molecule has 0 aliphatic rings. The minimum Gasteiger partial charge on any atom is -0.460 e. The van der Waals surface area contributed by atoms with Gasteiger partial charge in [-0.05, 0) is 49.3 Å². The zero-order chi connectivity index (χ0) is 25.4. The van der Waals surface area contributed by atoms with E-state index in [1.807, 2.05) is 42.5 Å². The van der Waals surface area contributed by atoms with Crippen molar-refractivity contribution in [3.63, 3.8) is 0 Å². The van der Waals surface area contributed by atoms with Crippen molar-refractivity contribution < 1.29 is 24.3 Å². The molecular formula is C24H28N4O6S. The number of ether oxygens (including phenoxy) is 1. The van der Waals surface area contributed by atoms with Crippen LogP contribution in [0.15, 0.2) is 54.9 Å². The van der Waals surface area contributed by atoms with Crippen molar-refractivity contribution in [3.05, 3.63) is 70.5 Å². The lowest BCUT2D eigenvalue weighted by Gasteiger charge is -2.31. The summed E-state index contributed by atoms with van der Waals surface area (Å²) >= 11 is 1.36. The van der Waals surface area contributed by atoms with Gasteiger partial charge in [0.2, 0.25) is 5.91 Å². The van der Waals surface area contributed by atoms with Crippen molar-refractivity contribution in [1.29, 1.82) is 0 Å². The standard InChI is InChI=1S/C24H28N4O6S/c1-24(2,23(30)33-14-16-6-4-3-5-7-16)11-18(15-34-28(31)32)19(12-25)22(29)27-21-10-17-8-9-26-13-20(17)35-21/h3-10,13,18-19H,11-12,14-15,25H2,1-2H3,(H,27,29). The van der Waals surface area contributed by atoms with Crippen LogP contribution in [-0.2, 0) is 25.8 Å². The highest BCUT2D eigenvalue weighted by molar-refractivity contribution is 7.22. The summed E-state index contributed by atoms with van der Waals surface area (Å²) in [6, 6.07) is 12.9. The van der Waals surface area contributed by atoms with E-state index in [9.17, 15) is 19.7 Å². The molecular weight excluding hydrogens is 472 g/mol. The Hall–Kier alpha value is -3.57. The highest BCUT2D eigenvalue weighted by atomic mass is 32.1. The number of benzene rings is 1. The number of carbonyl (C=O) groups is 2. The normalized spacial score (nSPS) is 13.1. The minimum atomic E-state index is -1.05. The SMILES string of the molecule is CC(C)(CC(CO[N+](=O)[O-])C(CN)C(=O)Nc1cc2ccncc2s1)C(=O)OCc1ccccc1. The molecule has 0 aliphatic heterocycles. The number of aromatic nitrogens is 1. The highest BCUT2D eigenvalue weighted by Crippen LogP contribution is 2.34. The summed E-state index contributed by atoms with van der Waals surface area (Å²) in [4.78, 5) is 45.6. The Balaban J connectivity index is 1.72. The van der Waals surface area contributed by atoms with Crippen LogP contribution >= 0.6 is 11.3 Å². The molecule has 0 saturated heterocycles. The molecule has 1 amide bonds. The molecule has 1 aromatic carbocycles. The number of rotatable bonds is 12. The van der Waals surface area contributed by atoms with Gasteiger partial charge in [0.05, 0.1) is 21.0 Å². The zero-order valence-electron chi connectivity index (χ0n) is 19.5. The van der Waals surface area contributed by atoms with Gasteiger partial charge in [-0.15, -0.1) is 21.5 Å². The Kier molecular flexibility index (Phi) is 8.72. The van der Waals surface area contributed by atoms with Crippen molar-refractivity contribution in [3.8, 4) is 0 Å². The zero-order valence-corrected chi connectivity index (χ0v) is 20.3. The molecule has 2 unspecified atom stereocenters. The summed E-state index contributed by atoms with van der Waals surface area (Å²) < 4.78 is 6.38. The first-order valence-corrected chi connectivity index (χ1v) is 11.8. The van der Waals surface area contributed by atoms with Crippen molar-refractivity contribution in [2.45, 2.75) is 26.9 Å². The lowest BCUT2D eigenvalue weighted by molar-refractivity contribution is -0.759. The monoisotopic (exact) mass is 500 g/mol. The first-order chi connectivity index (χ1) is 16.7. The summed E-state index contributed by atoms with van der Waals surface area (Å²) in [5.41, 5.74) is 5.72. The molecule has 0 radical (unpaired) electrons. The fraction of sp³-hybridized carbons (Fsp3) is 0.375. The van der Waals surface area contributed by atoms with Crippen LogP contribution < -0.4 is 11.1 Å². The van der Waals surface area contributed by atoms with E-state index in [0.29, 0.717) is 5.00 Å². The van der Waals surface area contributed by atoms with E-state index in [1.54, 1.807) is 26.2 Å². The summed E-state index contributed by atoms with van der Waals surface area (Å²) in [5, 5.41) is 14.3. The van der Waals surface area contributed by atoms with E-state index in [2.05, 4.69) is 15.1 Å². The fourth-order valence-electron chi connectivity index (χ4n) is 3.80. The third-order valence-electron chi connectivity index (χ3n) is 5.66. The minimum absolute atomic E-state index is 0.0842. The Labute approximate surface area is 206 Å². The van der Waals surface area contributed by atoms with E-state index < -0.39 is 34.2 Å². The number of hydrogen-bond donors (Lipinski definition) is 2. The Morgan fingerprint density at radius 1 is 1.26 bits per heavy atom. The second-order valence-electron chi connectivity index (χ2n) is 8.78. The molecule has 0 spiro atoms. The Morgan fingerprint density at radius 3 is 2.66 bits per heavy atom. The van der Waals surface area contributed by atoms with Gasteiger partial charge in [-0.1, -0.05) is 30.3 Å². The van der Waals surface area contributed by atoms with Crippen LogP contribution in [0.25, 0.3) is 10.1 Å². The van der Waals surface area contributed by atoms with E-state index in [0.717, 1.165) is 15.6 Å². The molecule has 0 fully saturated rings. The van der Waals surface area contributed by atoms with Gasteiger partial charge in [0.1, 0.15) is 13.2 Å². The van der Waals surface area contributed by atoms with Crippen molar-refractivity contribution >= 4 is 38.3 Å². The molecule has 0 bridgehead atoms. The van der Waals surface area contributed by atoms with Crippen LogP contribution in [0.2, 0.25) is 0 Å². The summed E-state index contributed by atoms with van der Waals surface area (Å²) in [5.74, 6) is -2.43. The second kappa shape index (κ2) is 11.7. The van der Waals surface area contributed by atoms with Crippen LogP contribution in [0.4, 0.5) is 5.00 Å². The summed E-state index contributed by atoms with van der Waals surface area (Å²) in [6.45, 7) is 2.97. The molecule has 3 rings (SSSR count). The maximum absolute atomic E-state index is 13.1. The molecule has 2 heterocycles. The van der Waals surface area contributed by atoms with E-state index in [-0.39, 0.29) is 26.2 Å². The fourth-order valence-corrected chi connectivity index (χ4v) is 4.74. The third-order valence-corrected chi connectivity index (χ3v) is 6.66. The van der Waals surface area contributed by atoms with Gasteiger partial charge in [0.15, 0.2) is 0 Å². The van der Waals surface area contributed by atoms with Crippen LogP contribution in [0, 0.1) is 27.4 Å². The third kappa shape index (κ3) is 7.20. The van der Waals surface area contributed by atoms with Gasteiger partial charge < -0.3 is 20.6 Å². The average molecular weight is 501 g/mol. The molecule has 11 heteroatoms. The molecule has 35 heavy (non-hydrogen) atoms. The van der Waals surface area contributed by atoms with E-state index in [4.69, 9.17) is 10.5 Å². The summed E-state index contributed by atoms with van der Waals surface area (Å²) in [7, 11) is 0. The van der Waals surface area contributed by atoms with Crippen molar-refractivity contribution in [1.82, 2.24) is 4.98 Å². The number of pyridine rings is 1. The Morgan fingerprint density at radius 2 is 2.00 bits per heavy atom. The number of anilines is 1. The first-order valence-electron chi connectivity index (χ1n) is 11.0. The predicted octanol–water partition coefficient (Wildman–Crippen LogP) is 3.79. The smallest absolute Gasteiger partial charge is 0.311 e. The van der Waals surface area contributed by atoms with Crippen molar-refractivity contribution in [2.24, 2.45) is 23.0 Å². The largest absolute Gasteiger partial charge is 0.460 e. The van der Waals surface area contributed by atoms with E-state index in [1.165, 1.54) is 11.3 Å². The van der Waals surface area contributed by atoms with Crippen LogP contribution in [0.3, 0.4) is 0 Å². The molecule has 3 N–H and O–H groups in total. The van der Waals surface area contributed by atoms with Gasteiger partial charge in [-0.25, -0.2) is 0 Å². The molecule has 0 saturated carbocycles. The van der Waals surface area contributed by atoms with Gasteiger partial charge >= 0.3 is 5.97 Å². The number of esters is 1. The lowest BCUT2D eigenvalue weighted by atomic mass is 9.77. The first kappa shape index (κ1) is 26.0. The molecule has 2 atom stereocenters. The topological polar surface area (TPSA) is 147 Å². The number of nitrogens with zero attached hydrogens (tertiary/aromatic N) is 2. The van der Waals surface area contributed by atoms with Crippen LogP contribution in [0.1, 0.15) is 25.8 Å². The number of thiophene rings is 1. The number of carbonyl (C=O) groups excluding carboxylic acids is 2. The number of fused-ring (bicyclic) bond motifs is 1. The van der Waals surface area contributed by atoms with Gasteiger partial charge in [-0.3, -0.25) is 14.6 Å². The number of nitrogens with one attached hydrogen (secondary N) is 1.